The SMILES string of the molecule is COC(=O)c1ccccc1-n1ncc(NCC(C)O)c(Cl)c1=O. The molecule has 1 unspecified atom stereocenters. The molecule has 7 nitrogen and oxygen atoms in total. The van der Waals surface area contributed by atoms with Gasteiger partial charge in [0, 0.05) is 6.54 Å². The van der Waals surface area contributed by atoms with Crippen LogP contribution in [-0.4, -0.2) is 40.6 Å². The van der Waals surface area contributed by atoms with Crippen LogP contribution in [0.2, 0.25) is 5.02 Å². The molecule has 0 aliphatic rings. The second-order valence-corrected chi connectivity index (χ2v) is 5.21. The third-order valence-electron chi connectivity index (χ3n) is 3.04. The average molecular weight is 338 g/mol. The molecule has 0 aliphatic carbocycles. The van der Waals surface area contributed by atoms with Gasteiger partial charge in [-0.25, -0.2) is 4.79 Å². The van der Waals surface area contributed by atoms with E-state index in [1.54, 1.807) is 25.1 Å². The van der Waals surface area contributed by atoms with Gasteiger partial charge in [0.15, 0.2) is 0 Å². The highest BCUT2D eigenvalue weighted by atomic mass is 35.5. The molecule has 1 heterocycles. The van der Waals surface area contributed by atoms with E-state index in [1.165, 1.54) is 19.4 Å². The molecule has 2 N–H and O–H groups in total. The van der Waals surface area contributed by atoms with Crippen LogP contribution in [0.4, 0.5) is 5.69 Å². The van der Waals surface area contributed by atoms with Crippen LogP contribution in [0.3, 0.4) is 0 Å². The second kappa shape index (κ2) is 7.26. The molecule has 2 aromatic rings. The third kappa shape index (κ3) is 3.69. The minimum Gasteiger partial charge on any atom is -0.465 e. The van der Waals surface area contributed by atoms with E-state index >= 15 is 0 Å². The first-order valence-electron chi connectivity index (χ1n) is 6.83. The number of nitrogens with zero attached hydrogens (tertiary/aromatic N) is 2. The first-order chi connectivity index (χ1) is 11.0. The van der Waals surface area contributed by atoms with Gasteiger partial charge in [0.2, 0.25) is 0 Å². The Hall–Kier alpha value is -2.38. The molecule has 0 fully saturated rings. The van der Waals surface area contributed by atoms with Gasteiger partial charge in [0.1, 0.15) is 5.02 Å². The van der Waals surface area contributed by atoms with E-state index in [2.05, 4.69) is 10.4 Å². The fourth-order valence-electron chi connectivity index (χ4n) is 1.93. The molecule has 0 spiro atoms. The molecule has 2 rings (SSSR count). The van der Waals surface area contributed by atoms with Gasteiger partial charge in [-0.3, -0.25) is 4.79 Å². The zero-order valence-corrected chi connectivity index (χ0v) is 13.4. The Morgan fingerprint density at radius 1 is 1.48 bits per heavy atom. The number of hydrogen-bond acceptors (Lipinski definition) is 6. The number of esters is 1. The van der Waals surface area contributed by atoms with Gasteiger partial charge in [-0.05, 0) is 19.1 Å². The van der Waals surface area contributed by atoms with Crippen LogP contribution in [0.1, 0.15) is 17.3 Å². The van der Waals surface area contributed by atoms with Gasteiger partial charge in [-0.2, -0.15) is 9.78 Å². The van der Waals surface area contributed by atoms with Crippen LogP contribution in [0, 0.1) is 0 Å². The van der Waals surface area contributed by atoms with Crippen molar-refractivity contribution in [3.63, 3.8) is 0 Å². The molecule has 0 aliphatic heterocycles. The van der Waals surface area contributed by atoms with Crippen LogP contribution in [0.25, 0.3) is 5.69 Å². The predicted molar refractivity (Wildman–Crippen MR) is 86.4 cm³/mol. The Balaban J connectivity index is 2.49. The van der Waals surface area contributed by atoms with Crippen LogP contribution in [0.5, 0.6) is 0 Å². The number of carbonyl (C=O) groups excluding carboxylic acids is 1. The third-order valence-corrected chi connectivity index (χ3v) is 3.41. The maximum Gasteiger partial charge on any atom is 0.340 e. The van der Waals surface area contributed by atoms with E-state index < -0.39 is 17.6 Å². The van der Waals surface area contributed by atoms with Crippen molar-refractivity contribution in [1.82, 2.24) is 9.78 Å². The number of methoxy groups -OCH3 is 1. The lowest BCUT2D eigenvalue weighted by Gasteiger charge is -2.13. The molecule has 0 saturated carbocycles. The number of hydrogen-bond donors (Lipinski definition) is 2. The van der Waals surface area contributed by atoms with Gasteiger partial charge >= 0.3 is 5.97 Å². The fraction of sp³-hybridized carbons (Fsp3) is 0.267. The number of anilines is 1. The lowest BCUT2D eigenvalue weighted by atomic mass is 10.2. The topological polar surface area (TPSA) is 93.5 Å². The van der Waals surface area contributed by atoms with Gasteiger partial charge in [0.05, 0.1) is 36.3 Å². The van der Waals surface area contributed by atoms with Gasteiger partial charge in [0.25, 0.3) is 5.56 Å². The number of para-hydroxylation sites is 1. The van der Waals surface area contributed by atoms with Gasteiger partial charge < -0.3 is 15.2 Å². The van der Waals surface area contributed by atoms with Crippen molar-refractivity contribution in [1.29, 1.82) is 0 Å². The van der Waals surface area contributed by atoms with E-state index in [0.29, 0.717) is 5.69 Å². The molecule has 23 heavy (non-hydrogen) atoms. The number of aromatic nitrogens is 2. The van der Waals surface area contributed by atoms with Crippen LogP contribution < -0.4 is 10.9 Å². The normalized spacial score (nSPS) is 11.8. The van der Waals surface area contributed by atoms with Crippen molar-refractivity contribution in [2.24, 2.45) is 0 Å². The zero-order valence-electron chi connectivity index (χ0n) is 12.6. The first kappa shape index (κ1) is 17.0. The summed E-state index contributed by atoms with van der Waals surface area (Å²) < 4.78 is 5.73. The Kier molecular flexibility index (Phi) is 5.36. The van der Waals surface area contributed by atoms with Crippen molar-refractivity contribution in [3.05, 3.63) is 51.4 Å². The summed E-state index contributed by atoms with van der Waals surface area (Å²) in [6, 6.07) is 6.42. The highest BCUT2D eigenvalue weighted by Gasteiger charge is 2.17. The Morgan fingerprint density at radius 2 is 2.17 bits per heavy atom. The van der Waals surface area contributed by atoms with E-state index in [9.17, 15) is 14.7 Å². The van der Waals surface area contributed by atoms with Crippen LogP contribution in [0.15, 0.2) is 35.3 Å². The van der Waals surface area contributed by atoms with Crippen molar-refractivity contribution < 1.29 is 14.6 Å². The van der Waals surface area contributed by atoms with E-state index in [4.69, 9.17) is 16.3 Å². The molecule has 1 aromatic carbocycles. The maximum atomic E-state index is 12.4. The number of aliphatic hydroxyl groups is 1. The highest BCUT2D eigenvalue weighted by Crippen LogP contribution is 2.18. The summed E-state index contributed by atoms with van der Waals surface area (Å²) in [6.45, 7) is 1.83. The average Bonchev–Trinajstić information content (AvgIpc) is 2.55. The molecule has 0 bridgehead atoms. The molecule has 1 atom stereocenters. The van der Waals surface area contributed by atoms with Crippen molar-refractivity contribution in [3.8, 4) is 5.69 Å². The first-order valence-corrected chi connectivity index (χ1v) is 7.21. The summed E-state index contributed by atoms with van der Waals surface area (Å²) in [5.74, 6) is -0.582. The lowest BCUT2D eigenvalue weighted by molar-refractivity contribution is 0.0600. The molecule has 8 heteroatoms. The fourth-order valence-corrected chi connectivity index (χ4v) is 2.12. The standard InChI is InChI=1S/C15H16ClN3O4/c1-9(20)7-17-11-8-18-19(14(21)13(11)16)12-6-4-3-5-10(12)15(22)23-2/h3-6,8-9,17,20H,7H2,1-2H3. The van der Waals surface area contributed by atoms with Crippen molar-refractivity contribution >= 4 is 23.3 Å². The summed E-state index contributed by atoms with van der Waals surface area (Å²) in [7, 11) is 1.26. The van der Waals surface area contributed by atoms with E-state index in [-0.39, 0.29) is 22.8 Å². The number of aliphatic hydroxyl groups excluding tert-OH is 1. The molecular weight excluding hydrogens is 322 g/mol. The van der Waals surface area contributed by atoms with E-state index in [1.807, 2.05) is 0 Å². The summed E-state index contributed by atoms with van der Waals surface area (Å²) >= 11 is 6.06. The van der Waals surface area contributed by atoms with E-state index in [0.717, 1.165) is 4.68 Å². The van der Waals surface area contributed by atoms with Crippen LogP contribution in [-0.2, 0) is 4.74 Å². The number of carbonyl (C=O) groups is 1. The Morgan fingerprint density at radius 3 is 2.83 bits per heavy atom. The Bertz CT molecular complexity index is 774. The second-order valence-electron chi connectivity index (χ2n) is 4.83. The predicted octanol–water partition coefficient (Wildman–Crippen LogP) is 1.47. The summed E-state index contributed by atoms with van der Waals surface area (Å²) in [5.41, 5.74) is 0.196. The van der Waals surface area contributed by atoms with Gasteiger partial charge in [-0.1, -0.05) is 23.7 Å². The molecular formula is C15H16ClN3O4. The van der Waals surface area contributed by atoms with Crippen LogP contribution >= 0.6 is 11.6 Å². The molecule has 0 amide bonds. The number of halogens is 1. The minimum absolute atomic E-state index is 0.0830. The largest absolute Gasteiger partial charge is 0.465 e. The summed E-state index contributed by atoms with van der Waals surface area (Å²) in [4.78, 5) is 24.2. The molecule has 0 saturated heterocycles. The van der Waals surface area contributed by atoms with Gasteiger partial charge in [-0.15, -0.1) is 0 Å². The number of rotatable bonds is 5. The van der Waals surface area contributed by atoms with Crippen molar-refractivity contribution in [2.75, 3.05) is 19.0 Å². The molecule has 0 radical (unpaired) electrons. The van der Waals surface area contributed by atoms with Crippen molar-refractivity contribution in [2.45, 2.75) is 13.0 Å². The Labute approximate surface area is 137 Å². The number of benzene rings is 1. The number of ether oxygens (including phenoxy) is 1. The zero-order chi connectivity index (χ0) is 17.0. The summed E-state index contributed by atoms with van der Waals surface area (Å²) in [5, 5.41) is 16.1. The number of nitrogens with one attached hydrogen (secondary N) is 1. The quantitative estimate of drug-likeness (QED) is 0.802. The lowest BCUT2D eigenvalue weighted by Crippen LogP contribution is -2.25. The monoisotopic (exact) mass is 337 g/mol. The highest BCUT2D eigenvalue weighted by molar-refractivity contribution is 6.32. The molecule has 1 aromatic heterocycles. The minimum atomic E-state index is -0.603. The smallest absolute Gasteiger partial charge is 0.340 e. The summed E-state index contributed by atoms with van der Waals surface area (Å²) in [6.07, 6.45) is 0.758. The maximum absolute atomic E-state index is 12.4. The molecule has 122 valence electrons.